The summed E-state index contributed by atoms with van der Waals surface area (Å²) in [5.41, 5.74) is 2.82. The van der Waals surface area contributed by atoms with Gasteiger partial charge in [-0.25, -0.2) is 8.78 Å². The van der Waals surface area contributed by atoms with Crippen molar-refractivity contribution in [3.8, 4) is 11.1 Å². The van der Waals surface area contributed by atoms with Gasteiger partial charge >= 0.3 is 0 Å². The molecule has 38 heavy (non-hydrogen) atoms. The number of carbonyl (C=O) groups is 1. The Labute approximate surface area is 228 Å². The van der Waals surface area contributed by atoms with Gasteiger partial charge in [0.1, 0.15) is 11.6 Å². The van der Waals surface area contributed by atoms with E-state index in [1.807, 2.05) is 24.3 Å². The number of nitrogens with one attached hydrogen (secondary N) is 1. The van der Waals surface area contributed by atoms with Gasteiger partial charge in [-0.3, -0.25) is 4.79 Å². The van der Waals surface area contributed by atoms with Gasteiger partial charge in [0.05, 0.1) is 24.3 Å². The number of hydrogen-bond donors (Lipinski definition) is 3. The molecule has 2 fully saturated rings. The summed E-state index contributed by atoms with van der Waals surface area (Å²) in [7, 11) is 0. The normalized spacial score (nSPS) is 17.2. The molecule has 2 aliphatic rings. The molecule has 4 nitrogen and oxygen atoms in total. The van der Waals surface area contributed by atoms with Crippen LogP contribution < -0.4 is 0 Å². The van der Waals surface area contributed by atoms with E-state index < -0.39 is 11.6 Å². The highest BCUT2D eigenvalue weighted by Gasteiger charge is 2.38. The molecule has 3 N–H and O–H groups in total. The van der Waals surface area contributed by atoms with Crippen molar-refractivity contribution in [1.29, 1.82) is 0 Å². The zero-order chi connectivity index (χ0) is 26.9. The van der Waals surface area contributed by atoms with Gasteiger partial charge in [0.25, 0.3) is 0 Å². The maximum absolute atomic E-state index is 14.9. The van der Waals surface area contributed by atoms with Crippen molar-refractivity contribution in [3.05, 3.63) is 93.6 Å². The van der Waals surface area contributed by atoms with Crippen molar-refractivity contribution in [2.45, 2.75) is 49.4 Å². The fourth-order valence-electron chi connectivity index (χ4n) is 5.68. The first-order valence-electron chi connectivity index (χ1n) is 12.9. The first-order chi connectivity index (χ1) is 18.4. The van der Waals surface area contributed by atoms with E-state index in [0.29, 0.717) is 11.8 Å². The lowest BCUT2D eigenvalue weighted by molar-refractivity contribution is 0.112. The second-order valence-corrected chi connectivity index (χ2v) is 11.4. The predicted molar refractivity (Wildman–Crippen MR) is 148 cm³/mol. The van der Waals surface area contributed by atoms with Gasteiger partial charge in [-0.2, -0.15) is 0 Å². The Hall–Kier alpha value is -2.87. The molecule has 0 unspecified atom stereocenters. The second kappa shape index (κ2) is 10.7. The summed E-state index contributed by atoms with van der Waals surface area (Å²) in [5.74, 6) is -1.43. The summed E-state index contributed by atoms with van der Waals surface area (Å²) in [4.78, 5) is 13.8. The Kier molecular flexibility index (Phi) is 7.54. The number of carbonyl (C=O) groups excluding carboxylic acids is 1. The van der Waals surface area contributed by atoms with E-state index >= 15 is 0 Å². The predicted octanol–water partition coefficient (Wildman–Crippen LogP) is 7.20. The van der Waals surface area contributed by atoms with Crippen molar-refractivity contribution in [2.75, 3.05) is 13.2 Å². The molecule has 2 saturated carbocycles. The van der Waals surface area contributed by atoms with Crippen LogP contribution in [0.4, 0.5) is 8.78 Å². The van der Waals surface area contributed by atoms with E-state index in [-0.39, 0.29) is 46.1 Å². The number of H-pyrrole nitrogens is 1. The zero-order valence-electron chi connectivity index (χ0n) is 20.9. The molecule has 0 spiro atoms. The molecule has 0 radical (unpaired) electrons. The zero-order valence-corrected chi connectivity index (χ0v) is 22.5. The summed E-state index contributed by atoms with van der Waals surface area (Å²) >= 11 is 3.41. The number of aromatic amines is 1. The molecule has 0 amide bonds. The van der Waals surface area contributed by atoms with Gasteiger partial charge in [-0.1, -0.05) is 65.2 Å². The fraction of sp³-hybridized carbons (Fsp3) is 0.323. The maximum atomic E-state index is 14.9. The van der Waals surface area contributed by atoms with Gasteiger partial charge in [-0.05, 0) is 60.6 Å². The molecule has 1 aromatic heterocycles. The van der Waals surface area contributed by atoms with Gasteiger partial charge < -0.3 is 15.2 Å². The van der Waals surface area contributed by atoms with Gasteiger partial charge in [0, 0.05) is 32.4 Å². The molecule has 0 atom stereocenters. The quantitative estimate of drug-likeness (QED) is 0.211. The van der Waals surface area contributed by atoms with Gasteiger partial charge in [0.2, 0.25) is 0 Å². The van der Waals surface area contributed by atoms with Crippen LogP contribution in [0.1, 0.15) is 60.0 Å². The van der Waals surface area contributed by atoms with Gasteiger partial charge in [0.15, 0.2) is 6.29 Å². The highest BCUT2D eigenvalue weighted by Crippen LogP contribution is 2.44. The van der Waals surface area contributed by atoms with Crippen LogP contribution >= 0.6 is 15.9 Å². The number of aliphatic hydroxyl groups excluding tert-OH is 2. The van der Waals surface area contributed by atoms with Crippen LogP contribution in [-0.2, 0) is 10.8 Å². The van der Waals surface area contributed by atoms with Crippen LogP contribution in [0, 0.1) is 11.6 Å². The topological polar surface area (TPSA) is 73.3 Å². The molecule has 4 aromatic rings. The number of hydrogen-bond acceptors (Lipinski definition) is 3. The molecular weight excluding hydrogens is 552 g/mol. The Bertz CT molecular complexity index is 1430. The smallest absolute Gasteiger partial charge is 0.152 e. The average Bonchev–Trinajstić information content (AvgIpc) is 3.29. The van der Waals surface area contributed by atoms with E-state index in [1.54, 1.807) is 12.1 Å². The van der Waals surface area contributed by atoms with Crippen molar-refractivity contribution >= 4 is 33.1 Å². The number of benzene rings is 3. The SMILES string of the molecule is O=Cc1c[nH]c2cc(F)c(-c3ccc(C4(CO)CCC4)cc3)c(F)c12.OCC1(c2ccc(Br)cc2)CCC1. The van der Waals surface area contributed by atoms with E-state index in [9.17, 15) is 23.8 Å². The molecule has 6 rings (SSSR count). The summed E-state index contributed by atoms with van der Waals surface area (Å²) in [6.07, 6.45) is 8.34. The van der Waals surface area contributed by atoms with Crippen molar-refractivity contribution in [3.63, 3.8) is 0 Å². The van der Waals surface area contributed by atoms with Crippen LogP contribution in [0.3, 0.4) is 0 Å². The standard InChI is InChI=1S/C20H17F2NO2.C11H13BrO/c21-15-8-16-18(13(10-24)9-23-16)19(22)17(15)12-2-4-14(5-3-12)20(11-25)6-1-7-20;12-10-4-2-9(3-5-10)11(8-13)6-1-7-11/h2-5,8-10,23,25H,1,6-7,11H2;2-5,13H,1,6-8H2. The Morgan fingerprint density at radius 1 is 0.868 bits per heavy atom. The third-order valence-electron chi connectivity index (χ3n) is 8.49. The van der Waals surface area contributed by atoms with Crippen LogP contribution in [0.15, 0.2) is 65.3 Å². The van der Waals surface area contributed by atoms with Crippen LogP contribution in [0.25, 0.3) is 22.0 Å². The lowest BCUT2D eigenvalue weighted by Gasteiger charge is -2.41. The number of aliphatic hydroxyl groups is 2. The van der Waals surface area contributed by atoms with Crippen molar-refractivity contribution in [1.82, 2.24) is 4.98 Å². The summed E-state index contributed by atoms with van der Waals surface area (Å²) in [6, 6.07) is 16.5. The maximum Gasteiger partial charge on any atom is 0.152 e. The minimum Gasteiger partial charge on any atom is -0.395 e. The lowest BCUT2D eigenvalue weighted by atomic mass is 9.65. The number of halogens is 3. The Morgan fingerprint density at radius 2 is 1.39 bits per heavy atom. The number of aromatic nitrogens is 1. The summed E-state index contributed by atoms with van der Waals surface area (Å²) < 4.78 is 30.5. The molecule has 1 heterocycles. The Morgan fingerprint density at radius 3 is 1.84 bits per heavy atom. The second-order valence-electron chi connectivity index (χ2n) is 10.5. The van der Waals surface area contributed by atoms with Gasteiger partial charge in [-0.15, -0.1) is 0 Å². The van der Waals surface area contributed by atoms with E-state index in [2.05, 4.69) is 33.0 Å². The summed E-state index contributed by atoms with van der Waals surface area (Å²) in [6.45, 7) is 0.363. The third kappa shape index (κ3) is 4.61. The molecule has 3 aromatic carbocycles. The van der Waals surface area contributed by atoms with E-state index in [0.717, 1.165) is 42.1 Å². The van der Waals surface area contributed by atoms with Crippen molar-refractivity contribution < 1.29 is 23.8 Å². The van der Waals surface area contributed by atoms with Crippen LogP contribution in [0.2, 0.25) is 0 Å². The van der Waals surface area contributed by atoms with E-state index in [1.165, 1.54) is 24.2 Å². The molecule has 7 heteroatoms. The molecule has 0 bridgehead atoms. The van der Waals surface area contributed by atoms with Crippen LogP contribution in [-0.4, -0.2) is 34.7 Å². The minimum atomic E-state index is -0.744. The number of rotatable bonds is 6. The lowest BCUT2D eigenvalue weighted by Crippen LogP contribution is -2.37. The number of fused-ring (bicyclic) bond motifs is 1. The highest BCUT2D eigenvalue weighted by molar-refractivity contribution is 9.10. The molecular formula is C31H30BrF2NO3. The third-order valence-corrected chi connectivity index (χ3v) is 9.01. The average molecular weight is 582 g/mol. The molecule has 0 aliphatic heterocycles. The molecule has 198 valence electrons. The highest BCUT2D eigenvalue weighted by atomic mass is 79.9. The largest absolute Gasteiger partial charge is 0.395 e. The fourth-order valence-corrected chi connectivity index (χ4v) is 5.94. The summed E-state index contributed by atoms with van der Waals surface area (Å²) in [5, 5.41) is 19.1. The van der Waals surface area contributed by atoms with E-state index in [4.69, 9.17) is 0 Å². The van der Waals surface area contributed by atoms with Crippen LogP contribution in [0.5, 0.6) is 0 Å². The molecule has 2 aliphatic carbocycles. The monoisotopic (exact) mass is 581 g/mol. The first kappa shape index (κ1) is 26.7. The number of aldehydes is 1. The Balaban J connectivity index is 0.000000190. The first-order valence-corrected chi connectivity index (χ1v) is 13.7. The molecule has 0 saturated heterocycles. The van der Waals surface area contributed by atoms with Crippen molar-refractivity contribution in [2.24, 2.45) is 0 Å². The minimum absolute atomic E-state index is 0.0765.